The van der Waals surface area contributed by atoms with Crippen LogP contribution in [-0.4, -0.2) is 48.7 Å². The highest BCUT2D eigenvalue weighted by atomic mass is 32.1. The highest BCUT2D eigenvalue weighted by Crippen LogP contribution is 2.21. The van der Waals surface area contributed by atoms with Gasteiger partial charge in [0.15, 0.2) is 11.7 Å². The molecule has 4 rings (SSSR count). The van der Waals surface area contributed by atoms with Crippen LogP contribution in [0.3, 0.4) is 0 Å². The van der Waals surface area contributed by atoms with Gasteiger partial charge in [-0.05, 0) is 22.9 Å². The average Bonchev–Trinajstić information content (AvgIpc) is 3.13. The lowest BCUT2D eigenvalue weighted by Gasteiger charge is -2.25. The molecule has 6 nitrogen and oxygen atoms in total. The highest BCUT2D eigenvalue weighted by Gasteiger charge is 2.13. The number of thiazole rings is 1. The third kappa shape index (κ3) is 4.82. The van der Waals surface area contributed by atoms with Crippen LogP contribution in [-0.2, 0) is 16.1 Å². The van der Waals surface area contributed by atoms with Crippen molar-refractivity contribution in [3.63, 3.8) is 0 Å². The summed E-state index contributed by atoms with van der Waals surface area (Å²) in [7, 11) is 0. The monoisotopic (exact) mass is 383 g/mol. The number of carbonyl (C=O) groups is 1. The Balaban J connectivity index is 1.28. The summed E-state index contributed by atoms with van der Waals surface area (Å²) in [5, 5.41) is 7.62. The number of ether oxygens (including phenoxy) is 2. The lowest BCUT2D eigenvalue weighted by atomic mass is 10.1. The van der Waals surface area contributed by atoms with E-state index in [4.69, 9.17) is 9.47 Å². The Hall–Kier alpha value is -2.48. The summed E-state index contributed by atoms with van der Waals surface area (Å²) in [6.07, 6.45) is 0. The Morgan fingerprint density at radius 2 is 2.00 bits per heavy atom. The summed E-state index contributed by atoms with van der Waals surface area (Å²) >= 11 is 1.43. The first-order chi connectivity index (χ1) is 13.3. The molecule has 1 amide bonds. The Morgan fingerprint density at radius 3 is 2.85 bits per heavy atom. The molecule has 1 aliphatic rings. The van der Waals surface area contributed by atoms with Gasteiger partial charge in [-0.15, -0.1) is 11.3 Å². The molecular weight excluding hydrogens is 362 g/mol. The number of hydrogen-bond acceptors (Lipinski definition) is 6. The van der Waals surface area contributed by atoms with E-state index in [0.717, 1.165) is 49.3 Å². The lowest BCUT2D eigenvalue weighted by Crippen LogP contribution is -2.35. The predicted octanol–water partition coefficient (Wildman–Crippen LogP) is 3.15. The lowest BCUT2D eigenvalue weighted by molar-refractivity contribution is -0.118. The number of anilines is 1. The van der Waals surface area contributed by atoms with Crippen LogP contribution in [0.1, 0.15) is 5.69 Å². The van der Waals surface area contributed by atoms with Gasteiger partial charge in [0.1, 0.15) is 5.75 Å². The zero-order valence-electron chi connectivity index (χ0n) is 14.9. The summed E-state index contributed by atoms with van der Waals surface area (Å²) in [6.45, 7) is 4.09. The van der Waals surface area contributed by atoms with Crippen LogP contribution < -0.4 is 10.1 Å². The second kappa shape index (κ2) is 8.47. The Bertz CT molecular complexity index is 921. The van der Waals surface area contributed by atoms with Crippen LogP contribution in [0.15, 0.2) is 47.8 Å². The van der Waals surface area contributed by atoms with E-state index < -0.39 is 0 Å². The molecule has 0 radical (unpaired) electrons. The maximum atomic E-state index is 12.2. The summed E-state index contributed by atoms with van der Waals surface area (Å²) in [5.41, 5.74) is 0.965. The van der Waals surface area contributed by atoms with E-state index in [2.05, 4.69) is 15.2 Å². The zero-order valence-corrected chi connectivity index (χ0v) is 15.7. The number of nitrogens with one attached hydrogen (secondary N) is 1. The molecular formula is C20H21N3O3S. The summed E-state index contributed by atoms with van der Waals surface area (Å²) in [6, 6.07) is 13.8. The second-order valence-corrected chi connectivity index (χ2v) is 7.24. The number of nitrogens with zero attached hydrogens (tertiary/aromatic N) is 2. The summed E-state index contributed by atoms with van der Waals surface area (Å²) < 4.78 is 11.0. The van der Waals surface area contributed by atoms with E-state index in [1.54, 1.807) is 0 Å². The number of fused-ring (bicyclic) bond motifs is 1. The van der Waals surface area contributed by atoms with Gasteiger partial charge in [0.25, 0.3) is 5.91 Å². The van der Waals surface area contributed by atoms with Crippen molar-refractivity contribution < 1.29 is 14.3 Å². The van der Waals surface area contributed by atoms with Gasteiger partial charge >= 0.3 is 0 Å². The van der Waals surface area contributed by atoms with Gasteiger partial charge in [0, 0.05) is 25.0 Å². The fourth-order valence-electron chi connectivity index (χ4n) is 2.99. The van der Waals surface area contributed by atoms with Crippen LogP contribution in [0.2, 0.25) is 0 Å². The molecule has 140 valence electrons. The van der Waals surface area contributed by atoms with Gasteiger partial charge in [-0.25, -0.2) is 4.98 Å². The number of benzene rings is 2. The van der Waals surface area contributed by atoms with Crippen molar-refractivity contribution in [2.45, 2.75) is 6.54 Å². The molecule has 1 fully saturated rings. The van der Waals surface area contributed by atoms with Crippen LogP contribution >= 0.6 is 11.3 Å². The normalized spacial score (nSPS) is 15.0. The topological polar surface area (TPSA) is 63.7 Å². The summed E-state index contributed by atoms with van der Waals surface area (Å²) in [4.78, 5) is 18.9. The molecule has 0 aliphatic carbocycles. The maximum absolute atomic E-state index is 12.2. The number of hydrogen-bond donors (Lipinski definition) is 1. The van der Waals surface area contributed by atoms with Crippen LogP contribution in [0.4, 0.5) is 5.13 Å². The molecule has 2 heterocycles. The molecule has 1 aromatic heterocycles. The van der Waals surface area contributed by atoms with Crippen molar-refractivity contribution >= 4 is 33.1 Å². The van der Waals surface area contributed by atoms with Gasteiger partial charge in [-0.3, -0.25) is 15.0 Å². The smallest absolute Gasteiger partial charge is 0.264 e. The number of carbonyl (C=O) groups excluding carboxylic acids is 1. The Kier molecular flexibility index (Phi) is 5.62. The minimum Gasteiger partial charge on any atom is -0.484 e. The molecule has 0 bridgehead atoms. The largest absolute Gasteiger partial charge is 0.484 e. The minimum absolute atomic E-state index is 0.0449. The standard InChI is InChI=1S/C20H21N3O3S/c24-19(13-26-18-6-5-15-3-1-2-4-16(15)11-18)22-20-21-17(14-27-20)12-23-7-9-25-10-8-23/h1-6,11,14H,7-10,12-13H2,(H,21,22,24). The SMILES string of the molecule is O=C(COc1ccc2ccccc2c1)Nc1nc(CN2CCOCC2)cs1. The molecule has 27 heavy (non-hydrogen) atoms. The number of amides is 1. The van der Waals surface area contributed by atoms with Gasteiger partial charge in [0.05, 0.1) is 18.9 Å². The summed E-state index contributed by atoms with van der Waals surface area (Å²) in [5.74, 6) is 0.464. The molecule has 0 saturated carbocycles. The van der Waals surface area contributed by atoms with E-state index in [0.29, 0.717) is 10.9 Å². The molecule has 0 spiro atoms. The quantitative estimate of drug-likeness (QED) is 0.708. The second-order valence-electron chi connectivity index (χ2n) is 6.38. The molecule has 0 unspecified atom stereocenters. The van der Waals surface area contributed by atoms with Crippen LogP contribution in [0.25, 0.3) is 10.8 Å². The fourth-order valence-corrected chi connectivity index (χ4v) is 3.70. The van der Waals surface area contributed by atoms with Gasteiger partial charge < -0.3 is 9.47 Å². The Labute approximate surface area is 161 Å². The van der Waals surface area contributed by atoms with Crippen molar-refractivity contribution in [2.75, 3.05) is 38.2 Å². The van der Waals surface area contributed by atoms with Crippen molar-refractivity contribution in [3.8, 4) is 5.75 Å². The van der Waals surface area contributed by atoms with E-state index in [-0.39, 0.29) is 12.5 Å². The third-order valence-electron chi connectivity index (χ3n) is 4.38. The van der Waals surface area contributed by atoms with Crippen LogP contribution in [0.5, 0.6) is 5.75 Å². The number of aromatic nitrogens is 1. The van der Waals surface area contributed by atoms with Crippen molar-refractivity contribution in [3.05, 3.63) is 53.5 Å². The number of morpholine rings is 1. The van der Waals surface area contributed by atoms with Crippen molar-refractivity contribution in [1.82, 2.24) is 9.88 Å². The first-order valence-electron chi connectivity index (χ1n) is 8.92. The van der Waals surface area contributed by atoms with Gasteiger partial charge in [-0.1, -0.05) is 30.3 Å². The van der Waals surface area contributed by atoms with Gasteiger partial charge in [-0.2, -0.15) is 0 Å². The maximum Gasteiger partial charge on any atom is 0.264 e. The Morgan fingerprint density at radius 1 is 1.19 bits per heavy atom. The third-order valence-corrected chi connectivity index (χ3v) is 5.18. The molecule has 3 aromatic rings. The molecule has 0 atom stereocenters. The van der Waals surface area contributed by atoms with E-state index in [9.17, 15) is 4.79 Å². The fraction of sp³-hybridized carbons (Fsp3) is 0.300. The number of rotatable bonds is 6. The van der Waals surface area contributed by atoms with Crippen molar-refractivity contribution in [2.24, 2.45) is 0 Å². The van der Waals surface area contributed by atoms with Gasteiger partial charge in [0.2, 0.25) is 0 Å². The predicted molar refractivity (Wildman–Crippen MR) is 106 cm³/mol. The molecule has 1 N–H and O–H groups in total. The molecule has 1 aliphatic heterocycles. The molecule has 7 heteroatoms. The first-order valence-corrected chi connectivity index (χ1v) is 9.80. The zero-order chi connectivity index (χ0) is 18.5. The molecule has 1 saturated heterocycles. The minimum atomic E-state index is -0.213. The molecule has 2 aromatic carbocycles. The van der Waals surface area contributed by atoms with Crippen LogP contribution in [0, 0.1) is 0 Å². The van der Waals surface area contributed by atoms with E-state index >= 15 is 0 Å². The first kappa shape index (κ1) is 17.9. The van der Waals surface area contributed by atoms with Crippen molar-refractivity contribution in [1.29, 1.82) is 0 Å². The van der Waals surface area contributed by atoms with E-state index in [1.165, 1.54) is 11.3 Å². The van der Waals surface area contributed by atoms with E-state index in [1.807, 2.05) is 47.8 Å². The highest BCUT2D eigenvalue weighted by molar-refractivity contribution is 7.13. The average molecular weight is 383 g/mol.